The van der Waals surface area contributed by atoms with E-state index in [0.717, 1.165) is 49.4 Å². The van der Waals surface area contributed by atoms with Gasteiger partial charge in [-0.25, -0.2) is 4.98 Å². The maximum Gasteiger partial charge on any atom is 0.181 e. The molecule has 0 aliphatic carbocycles. The molecule has 5 heterocycles. The highest BCUT2D eigenvalue weighted by atomic mass is 16.5. The fourth-order valence-corrected chi connectivity index (χ4v) is 7.14. The van der Waals surface area contributed by atoms with Crippen molar-refractivity contribution in [2.24, 2.45) is 0 Å². The normalized spacial score (nSPS) is 20.8. The molecular formula is C38H37N4O+. The van der Waals surface area contributed by atoms with Crippen LogP contribution in [0.25, 0.3) is 27.6 Å². The van der Waals surface area contributed by atoms with Gasteiger partial charge in [0.25, 0.3) is 0 Å². The maximum absolute atomic E-state index is 6.73. The summed E-state index contributed by atoms with van der Waals surface area (Å²) in [5, 5.41) is 2.34. The van der Waals surface area contributed by atoms with E-state index < -0.39 is 0 Å². The Morgan fingerprint density at radius 1 is 0.791 bits per heavy atom. The van der Waals surface area contributed by atoms with Gasteiger partial charge < -0.3 is 9.22 Å². The smallest absolute Gasteiger partial charge is 0.181 e. The minimum atomic E-state index is -0.0301. The predicted octanol–water partition coefficient (Wildman–Crippen LogP) is 9.57. The van der Waals surface area contributed by atoms with Crippen molar-refractivity contribution in [3.63, 3.8) is 0 Å². The van der Waals surface area contributed by atoms with E-state index in [9.17, 15) is 0 Å². The van der Waals surface area contributed by atoms with E-state index in [1.54, 1.807) is 0 Å². The van der Waals surface area contributed by atoms with Gasteiger partial charge in [-0.2, -0.15) is 0 Å². The van der Waals surface area contributed by atoms with Crippen LogP contribution in [-0.4, -0.2) is 23.3 Å². The number of pyridine rings is 1. The number of fused-ring (bicyclic) bond motifs is 3. The Morgan fingerprint density at radius 3 is 2.33 bits per heavy atom. The van der Waals surface area contributed by atoms with Gasteiger partial charge in [0, 0.05) is 47.3 Å². The van der Waals surface area contributed by atoms with Crippen molar-refractivity contribution in [2.75, 3.05) is 13.7 Å². The van der Waals surface area contributed by atoms with Gasteiger partial charge in [0.1, 0.15) is 22.8 Å². The van der Waals surface area contributed by atoms with E-state index in [1.165, 1.54) is 39.1 Å². The van der Waals surface area contributed by atoms with Crippen LogP contribution in [0.1, 0.15) is 37.5 Å². The molecule has 0 saturated carbocycles. The quantitative estimate of drug-likeness (QED) is 0.157. The number of para-hydroxylation sites is 1. The van der Waals surface area contributed by atoms with E-state index >= 15 is 0 Å². The molecule has 4 aromatic carbocycles. The summed E-state index contributed by atoms with van der Waals surface area (Å²) in [4.78, 5) is 4.77. The second-order valence-corrected chi connectivity index (χ2v) is 13.6. The van der Waals surface area contributed by atoms with Crippen LogP contribution < -0.4 is 13.7 Å². The third-order valence-corrected chi connectivity index (χ3v) is 9.50. The van der Waals surface area contributed by atoms with Gasteiger partial charge in [-0.15, -0.1) is 0 Å². The summed E-state index contributed by atoms with van der Waals surface area (Å²) in [5.41, 5.74) is 11.1. The molecule has 1 saturated heterocycles. The highest BCUT2D eigenvalue weighted by Crippen LogP contribution is 2.61. The molecule has 1 fully saturated rings. The molecular weight excluding hydrogens is 528 g/mol. The summed E-state index contributed by atoms with van der Waals surface area (Å²) in [5.74, 6) is 1.66. The molecule has 9 rings (SSSR count). The summed E-state index contributed by atoms with van der Waals surface area (Å²) < 4.78 is 10.6. The van der Waals surface area contributed by atoms with Crippen molar-refractivity contribution < 1.29 is 4.74 Å². The second-order valence-electron chi connectivity index (χ2n) is 13.6. The lowest BCUT2D eigenvalue weighted by Crippen LogP contribution is -2.68. The van der Waals surface area contributed by atoms with Crippen LogP contribution in [0.4, 0.5) is 17.1 Å². The molecule has 5 heteroatoms. The van der Waals surface area contributed by atoms with Crippen molar-refractivity contribution in [1.82, 2.24) is 18.5 Å². The van der Waals surface area contributed by atoms with Gasteiger partial charge in [0.05, 0.1) is 24.9 Å². The van der Waals surface area contributed by atoms with Crippen molar-refractivity contribution in [2.45, 2.75) is 40.0 Å². The molecule has 2 aromatic heterocycles. The predicted molar refractivity (Wildman–Crippen MR) is 178 cm³/mol. The van der Waals surface area contributed by atoms with Gasteiger partial charge in [-0.3, -0.25) is 9.05 Å². The average Bonchev–Trinajstić information content (AvgIpc) is 3.51. The van der Waals surface area contributed by atoms with Crippen molar-refractivity contribution in [3.05, 3.63) is 121 Å². The number of ether oxygens (including phenoxy) is 1. The molecule has 43 heavy (non-hydrogen) atoms. The number of hydrogen-bond acceptors (Lipinski definition) is 2. The fourth-order valence-electron chi connectivity index (χ4n) is 7.14. The van der Waals surface area contributed by atoms with E-state index in [4.69, 9.17) is 9.72 Å². The van der Waals surface area contributed by atoms with Gasteiger partial charge in [-0.05, 0) is 72.4 Å². The van der Waals surface area contributed by atoms with Crippen molar-refractivity contribution in [3.8, 4) is 17.2 Å². The number of benzene rings is 4. The first kappa shape index (κ1) is 26.2. The molecule has 0 spiro atoms. The van der Waals surface area contributed by atoms with Crippen LogP contribution >= 0.6 is 0 Å². The van der Waals surface area contributed by atoms with Gasteiger partial charge in [-0.1, -0.05) is 45.0 Å². The summed E-state index contributed by atoms with van der Waals surface area (Å²) in [7, 11) is 2.32. The zero-order valence-electron chi connectivity index (χ0n) is 25.7. The first-order chi connectivity index (χ1) is 20.6. The van der Waals surface area contributed by atoms with Crippen LogP contribution in [0.2, 0.25) is 0 Å². The Kier molecular flexibility index (Phi) is 5.35. The Labute approximate surface area is 253 Å². The van der Waals surface area contributed by atoms with E-state index in [0.29, 0.717) is 0 Å². The molecule has 0 radical (unpaired) electrons. The number of aryl methyl sites for hydroxylation is 2. The lowest BCUT2D eigenvalue weighted by molar-refractivity contribution is 0.157. The Morgan fingerprint density at radius 2 is 1.53 bits per heavy atom. The topological polar surface area (TPSA) is 27.1 Å². The summed E-state index contributed by atoms with van der Waals surface area (Å²) in [6.45, 7) is 14.7. The van der Waals surface area contributed by atoms with Gasteiger partial charge >= 0.3 is 0 Å². The molecule has 2 atom stereocenters. The summed E-state index contributed by atoms with van der Waals surface area (Å²) in [6.07, 6.45) is 1.86. The number of aromatic nitrogens is 2. The highest BCUT2D eigenvalue weighted by Gasteiger charge is 2.59. The largest absolute Gasteiger partial charge is 0.457 e. The molecule has 214 valence electrons. The van der Waals surface area contributed by atoms with Crippen molar-refractivity contribution in [1.29, 1.82) is 0 Å². The van der Waals surface area contributed by atoms with Crippen LogP contribution in [-0.2, 0) is 5.41 Å². The average molecular weight is 566 g/mol. The number of nitrogens with zero attached hydrogens (tertiary/aromatic N) is 4. The fraction of sp³-hybridized carbons (Fsp3) is 0.211. The molecule has 0 unspecified atom stereocenters. The maximum atomic E-state index is 6.73. The molecule has 2 bridgehead atoms. The zero-order valence-corrected chi connectivity index (χ0v) is 25.7. The minimum Gasteiger partial charge on any atom is -0.457 e. The summed E-state index contributed by atoms with van der Waals surface area (Å²) in [6, 6.07) is 32.6. The lowest BCUT2D eigenvalue weighted by Gasteiger charge is -2.55. The molecule has 3 aliphatic rings. The lowest BCUT2D eigenvalue weighted by atomic mass is 9.86. The number of quaternary nitrogens is 2. The zero-order chi connectivity index (χ0) is 29.7. The van der Waals surface area contributed by atoms with Gasteiger partial charge in [0.15, 0.2) is 18.0 Å². The Bertz CT molecular complexity index is 2040. The Hall–Kier alpha value is -4.45. The van der Waals surface area contributed by atoms with Gasteiger partial charge in [0.2, 0.25) is 0 Å². The minimum absolute atomic E-state index is 0.0301. The molecule has 0 amide bonds. The SMILES string of the molecule is Cc1cc2c(cc1C)[N@@+]1(C)[CH-][N@+]2(c2cc(Oc3cccc(-n4c5ccccc5c5cccnc54)c3)cc(C(C)(C)C)c2)C1. The number of rotatable bonds is 4. The standard InChI is InChI=1S/C38H37N4O/c1-25-17-35-36(18-26(25)2)42(23-41(35,6)24-42)29-19-27(38(3,4)5)20-31(22-29)43-30-12-9-11-28(21-30)40-34-15-8-7-13-32(34)33-14-10-16-39-37(33)40/h7-23H,24H2,1-6H3/q+1/t41-,42+/m0/s1. The monoisotopic (exact) mass is 565 g/mol. The molecule has 6 aromatic rings. The van der Waals surface area contributed by atoms with E-state index in [-0.39, 0.29) is 5.41 Å². The molecule has 0 N–H and O–H groups in total. The number of hydrogen-bond donors (Lipinski definition) is 0. The Balaban J connectivity index is 1.23. The molecule has 5 nitrogen and oxygen atoms in total. The first-order valence-corrected chi connectivity index (χ1v) is 15.1. The van der Waals surface area contributed by atoms with Crippen LogP contribution in [0.15, 0.2) is 97.2 Å². The van der Waals surface area contributed by atoms with E-state index in [2.05, 4.69) is 132 Å². The molecule has 3 aliphatic heterocycles. The van der Waals surface area contributed by atoms with Crippen LogP contribution in [0.5, 0.6) is 11.5 Å². The first-order valence-electron chi connectivity index (χ1n) is 15.1. The third-order valence-electron chi connectivity index (χ3n) is 9.50. The summed E-state index contributed by atoms with van der Waals surface area (Å²) >= 11 is 0. The van der Waals surface area contributed by atoms with Crippen LogP contribution in [0, 0.1) is 20.5 Å². The van der Waals surface area contributed by atoms with Crippen molar-refractivity contribution >= 4 is 39.0 Å². The highest BCUT2D eigenvalue weighted by molar-refractivity contribution is 6.07. The second kappa shape index (κ2) is 8.79. The third kappa shape index (κ3) is 3.81. The van der Waals surface area contributed by atoms with Crippen LogP contribution in [0.3, 0.4) is 0 Å². The van der Waals surface area contributed by atoms with E-state index in [1.807, 2.05) is 18.3 Å².